The molecule has 0 bridgehead atoms. The number of hydrogen-bond acceptors (Lipinski definition) is 10. The number of carbonyl (C=O) groups excluding carboxylic acids is 2. The van der Waals surface area contributed by atoms with E-state index >= 15 is 0 Å². The maximum Gasteiger partial charge on any atom is 0.246 e. The molecule has 13 heteroatoms. The first-order valence-electron chi connectivity index (χ1n) is 15.1. The number of benzene rings is 2. The first-order chi connectivity index (χ1) is 22.8. The summed E-state index contributed by atoms with van der Waals surface area (Å²) >= 11 is 1.61. The second-order valence-electron chi connectivity index (χ2n) is 11.0. The van der Waals surface area contributed by atoms with Gasteiger partial charge in [0.25, 0.3) is 0 Å². The molecule has 0 radical (unpaired) electrons. The van der Waals surface area contributed by atoms with Crippen LogP contribution in [0.2, 0.25) is 0 Å². The van der Waals surface area contributed by atoms with Crippen LogP contribution < -0.4 is 35.6 Å². The summed E-state index contributed by atoms with van der Waals surface area (Å²) in [6.45, 7) is 1.45. The van der Waals surface area contributed by atoms with Gasteiger partial charge in [0.2, 0.25) is 23.0 Å². The summed E-state index contributed by atoms with van der Waals surface area (Å²) < 4.78 is 17.2. The van der Waals surface area contributed by atoms with Crippen molar-refractivity contribution < 1.29 is 23.8 Å². The molecular weight excluding hydrogens is 620 g/mol. The molecule has 47 heavy (non-hydrogen) atoms. The van der Waals surface area contributed by atoms with Crippen molar-refractivity contribution in [3.05, 3.63) is 76.2 Å². The number of anilines is 2. The van der Waals surface area contributed by atoms with Crippen molar-refractivity contribution in [2.45, 2.75) is 38.3 Å². The quantitative estimate of drug-likeness (QED) is 0.166. The minimum absolute atomic E-state index is 0.214. The number of aromatic nitrogens is 3. The van der Waals surface area contributed by atoms with Gasteiger partial charge in [0, 0.05) is 23.7 Å². The maximum atomic E-state index is 13.9. The smallest absolute Gasteiger partial charge is 0.246 e. The highest BCUT2D eigenvalue weighted by Crippen LogP contribution is 2.50. The SMILES string of the molecule is COc1cc2c(c(OC)c1OC)-c1ccc(N[C@@H](CCSC)C(=O)Nc3ccc(-c4ncn[nH]4)cc3)c(=O)cc1[C@@H](NC(C)=O)CC2. The first-order valence-corrected chi connectivity index (χ1v) is 16.5. The number of nitrogens with zero attached hydrogens (tertiary/aromatic N) is 2. The number of rotatable bonds is 12. The zero-order chi connectivity index (χ0) is 33.5. The van der Waals surface area contributed by atoms with Crippen LogP contribution in [0.3, 0.4) is 0 Å². The molecule has 1 aromatic heterocycles. The molecular formula is C34H38N6O6S. The minimum Gasteiger partial charge on any atom is -0.493 e. The summed E-state index contributed by atoms with van der Waals surface area (Å²) in [4.78, 5) is 43.9. The summed E-state index contributed by atoms with van der Waals surface area (Å²) in [7, 11) is 4.66. The van der Waals surface area contributed by atoms with Gasteiger partial charge in [-0.25, -0.2) is 4.98 Å². The fraction of sp³-hybridized carbons (Fsp3) is 0.324. The van der Waals surface area contributed by atoms with E-state index in [9.17, 15) is 14.4 Å². The van der Waals surface area contributed by atoms with Gasteiger partial charge in [-0.1, -0.05) is 6.07 Å². The Morgan fingerprint density at radius 3 is 2.45 bits per heavy atom. The molecule has 246 valence electrons. The number of nitrogens with one attached hydrogen (secondary N) is 4. The topological polar surface area (TPSA) is 157 Å². The standard InChI is InChI=1S/C34H38N6O6S/c1-19(41)37-25-12-8-21-16-29(44-2)31(45-3)32(46-4)30(21)23-11-13-26(28(42)17-24(23)25)39-27(14-15-47-5)34(43)38-22-9-6-20(7-10-22)33-35-18-36-40-33/h6-7,9-11,13,16-18,25,27H,8,12,14-15H2,1-5H3,(H,37,41)(H,38,43)(H,39,42)(H,35,36,40)/t25-,27-/m0/s1. The highest BCUT2D eigenvalue weighted by Gasteiger charge is 2.30. The van der Waals surface area contributed by atoms with Crippen molar-refractivity contribution >= 4 is 35.0 Å². The lowest BCUT2D eigenvalue weighted by molar-refractivity contribution is -0.120. The van der Waals surface area contributed by atoms with E-state index in [-0.39, 0.29) is 22.9 Å². The number of carbonyl (C=O) groups is 2. The summed E-state index contributed by atoms with van der Waals surface area (Å²) in [5.74, 6) is 2.23. The molecule has 0 fully saturated rings. The van der Waals surface area contributed by atoms with Crippen LogP contribution >= 0.6 is 11.8 Å². The molecule has 1 aliphatic rings. The van der Waals surface area contributed by atoms with E-state index in [0.29, 0.717) is 64.9 Å². The van der Waals surface area contributed by atoms with Gasteiger partial charge in [0.15, 0.2) is 17.3 Å². The lowest BCUT2D eigenvalue weighted by Crippen LogP contribution is -2.36. The molecule has 4 N–H and O–H groups in total. The first kappa shape index (κ1) is 33.3. The highest BCUT2D eigenvalue weighted by molar-refractivity contribution is 7.98. The minimum atomic E-state index is -0.705. The van der Waals surface area contributed by atoms with Gasteiger partial charge < -0.3 is 30.2 Å². The third kappa shape index (κ3) is 7.35. The van der Waals surface area contributed by atoms with Crippen LogP contribution in [0.1, 0.15) is 36.9 Å². The van der Waals surface area contributed by atoms with E-state index in [0.717, 1.165) is 16.7 Å². The van der Waals surface area contributed by atoms with Crippen LogP contribution in [-0.2, 0) is 16.0 Å². The number of methoxy groups -OCH3 is 3. The molecule has 0 saturated carbocycles. The highest BCUT2D eigenvalue weighted by atomic mass is 32.2. The summed E-state index contributed by atoms with van der Waals surface area (Å²) in [5, 5.41) is 15.9. The molecule has 0 saturated heterocycles. The zero-order valence-electron chi connectivity index (χ0n) is 26.9. The van der Waals surface area contributed by atoms with E-state index in [1.165, 1.54) is 26.4 Å². The summed E-state index contributed by atoms with van der Waals surface area (Å²) in [6, 6.07) is 13.1. The lowest BCUT2D eigenvalue weighted by Gasteiger charge is -2.19. The predicted molar refractivity (Wildman–Crippen MR) is 184 cm³/mol. The Kier molecular flexibility index (Phi) is 10.7. The second-order valence-corrected chi connectivity index (χ2v) is 12.0. The van der Waals surface area contributed by atoms with Crippen LogP contribution in [0.25, 0.3) is 22.5 Å². The predicted octanol–water partition coefficient (Wildman–Crippen LogP) is 4.82. The molecule has 1 aliphatic carbocycles. The molecule has 0 aliphatic heterocycles. The van der Waals surface area contributed by atoms with Crippen LogP contribution in [0.5, 0.6) is 17.2 Å². The zero-order valence-corrected chi connectivity index (χ0v) is 27.7. The Morgan fingerprint density at radius 2 is 1.81 bits per heavy atom. The Hall–Kier alpha value is -5.04. The average molecular weight is 659 g/mol. The van der Waals surface area contributed by atoms with Crippen molar-refractivity contribution in [3.63, 3.8) is 0 Å². The molecule has 0 spiro atoms. The largest absolute Gasteiger partial charge is 0.493 e. The molecule has 0 unspecified atom stereocenters. The van der Waals surface area contributed by atoms with Gasteiger partial charge in [0.05, 0.1) is 33.1 Å². The van der Waals surface area contributed by atoms with Gasteiger partial charge in [-0.3, -0.25) is 19.5 Å². The van der Waals surface area contributed by atoms with Crippen molar-refractivity contribution in [3.8, 4) is 39.8 Å². The normalized spacial score (nSPS) is 14.1. The monoisotopic (exact) mass is 658 g/mol. The molecule has 2 amide bonds. The molecule has 4 aromatic rings. The Morgan fingerprint density at radius 1 is 1.04 bits per heavy atom. The number of amides is 2. The molecule has 1 heterocycles. The van der Waals surface area contributed by atoms with Gasteiger partial charge in [-0.05, 0) is 90.4 Å². The van der Waals surface area contributed by atoms with Crippen LogP contribution in [-0.4, -0.2) is 66.4 Å². The van der Waals surface area contributed by atoms with E-state index in [2.05, 4.69) is 31.1 Å². The van der Waals surface area contributed by atoms with Crippen molar-refractivity contribution in [2.24, 2.45) is 0 Å². The van der Waals surface area contributed by atoms with Crippen molar-refractivity contribution in [1.82, 2.24) is 20.5 Å². The molecule has 5 rings (SSSR count). The van der Waals surface area contributed by atoms with Gasteiger partial charge >= 0.3 is 0 Å². The van der Waals surface area contributed by atoms with Gasteiger partial charge in [0.1, 0.15) is 12.4 Å². The van der Waals surface area contributed by atoms with E-state index in [1.54, 1.807) is 44.2 Å². The number of aromatic amines is 1. The van der Waals surface area contributed by atoms with Crippen molar-refractivity contribution in [1.29, 1.82) is 0 Å². The van der Waals surface area contributed by atoms with Crippen LogP contribution in [0.4, 0.5) is 11.4 Å². The summed E-state index contributed by atoms with van der Waals surface area (Å²) in [6.07, 6.45) is 5.00. The maximum absolute atomic E-state index is 13.9. The van der Waals surface area contributed by atoms with Crippen molar-refractivity contribution in [2.75, 3.05) is 44.0 Å². The fourth-order valence-corrected chi connectivity index (χ4v) is 6.28. The number of fused-ring (bicyclic) bond motifs is 3. The van der Waals surface area contributed by atoms with E-state index in [1.807, 2.05) is 30.5 Å². The Labute approximate surface area is 277 Å². The van der Waals surface area contributed by atoms with E-state index in [4.69, 9.17) is 14.2 Å². The Bertz CT molecular complexity index is 1800. The van der Waals surface area contributed by atoms with Crippen LogP contribution in [0, 0.1) is 0 Å². The average Bonchev–Trinajstić information content (AvgIpc) is 3.51. The second kappa shape index (κ2) is 15.0. The van der Waals surface area contributed by atoms with Gasteiger partial charge in [-0.15, -0.1) is 0 Å². The Balaban J connectivity index is 1.53. The van der Waals surface area contributed by atoms with Gasteiger partial charge in [-0.2, -0.15) is 16.9 Å². The van der Waals surface area contributed by atoms with Crippen LogP contribution in [0.15, 0.2) is 59.7 Å². The number of aryl methyl sites for hydroxylation is 1. The molecule has 12 nitrogen and oxygen atoms in total. The lowest BCUT2D eigenvalue weighted by atomic mass is 9.95. The third-order valence-electron chi connectivity index (χ3n) is 8.01. The number of H-pyrrole nitrogens is 1. The van der Waals surface area contributed by atoms with E-state index < -0.39 is 12.1 Å². The number of ether oxygens (including phenoxy) is 3. The molecule has 2 atom stereocenters. The number of hydrogen-bond donors (Lipinski definition) is 4. The fourth-order valence-electron chi connectivity index (χ4n) is 5.80. The third-order valence-corrected chi connectivity index (χ3v) is 8.66. The number of thioether (sulfide) groups is 1. The summed E-state index contributed by atoms with van der Waals surface area (Å²) in [5.41, 5.74) is 4.39. The molecule has 3 aromatic carbocycles.